The van der Waals surface area contributed by atoms with Crippen molar-refractivity contribution in [3.63, 3.8) is 0 Å². The van der Waals surface area contributed by atoms with Gasteiger partial charge in [0.1, 0.15) is 0 Å². The van der Waals surface area contributed by atoms with E-state index in [9.17, 15) is 9.59 Å². The first-order valence-corrected chi connectivity index (χ1v) is 7.29. The van der Waals surface area contributed by atoms with Crippen molar-refractivity contribution in [2.45, 2.75) is 38.6 Å². The Bertz CT molecular complexity index is 547. The first-order valence-electron chi connectivity index (χ1n) is 7.29. The standard InChI is InChI=1S/C16H19NO3/c18-15(12-3-1-2-4-12)17-8-7-11-5-6-13(16(19)20)9-14(11)10-17/h5-6,9,12H,1-4,7-8,10H2,(H,19,20). The van der Waals surface area contributed by atoms with E-state index in [2.05, 4.69) is 0 Å². The molecule has 4 nitrogen and oxygen atoms in total. The van der Waals surface area contributed by atoms with Gasteiger partial charge in [-0.1, -0.05) is 18.9 Å². The maximum absolute atomic E-state index is 12.4. The minimum absolute atomic E-state index is 0.194. The maximum atomic E-state index is 12.4. The van der Waals surface area contributed by atoms with Crippen molar-refractivity contribution < 1.29 is 14.7 Å². The third-order valence-corrected chi connectivity index (χ3v) is 4.48. The highest BCUT2D eigenvalue weighted by atomic mass is 16.4. The lowest BCUT2D eigenvalue weighted by Crippen LogP contribution is -2.39. The van der Waals surface area contributed by atoms with Gasteiger partial charge in [0.25, 0.3) is 0 Å². The molecule has 1 aromatic rings. The highest BCUT2D eigenvalue weighted by Crippen LogP contribution is 2.29. The number of carboxylic acids is 1. The Morgan fingerprint density at radius 3 is 2.60 bits per heavy atom. The lowest BCUT2D eigenvalue weighted by atomic mass is 9.96. The van der Waals surface area contributed by atoms with Crippen molar-refractivity contribution in [3.8, 4) is 0 Å². The molecule has 1 N–H and O–H groups in total. The molecule has 1 heterocycles. The summed E-state index contributed by atoms with van der Waals surface area (Å²) in [6.07, 6.45) is 5.16. The van der Waals surface area contributed by atoms with Gasteiger partial charge in [0, 0.05) is 19.0 Å². The summed E-state index contributed by atoms with van der Waals surface area (Å²) in [6.45, 7) is 1.32. The highest BCUT2D eigenvalue weighted by Gasteiger charge is 2.29. The second-order valence-electron chi connectivity index (χ2n) is 5.78. The van der Waals surface area contributed by atoms with Crippen molar-refractivity contribution >= 4 is 11.9 Å². The fourth-order valence-corrected chi connectivity index (χ4v) is 3.31. The summed E-state index contributed by atoms with van der Waals surface area (Å²) >= 11 is 0. The first kappa shape index (κ1) is 13.2. The number of carbonyl (C=O) groups excluding carboxylic acids is 1. The summed E-state index contributed by atoms with van der Waals surface area (Å²) in [7, 11) is 0. The highest BCUT2D eigenvalue weighted by molar-refractivity contribution is 5.88. The average molecular weight is 273 g/mol. The molecule has 0 spiro atoms. The molecule has 1 fully saturated rings. The van der Waals surface area contributed by atoms with Gasteiger partial charge in [0.15, 0.2) is 0 Å². The molecule has 0 radical (unpaired) electrons. The Labute approximate surface area is 118 Å². The number of rotatable bonds is 2. The third-order valence-electron chi connectivity index (χ3n) is 4.48. The van der Waals surface area contributed by atoms with E-state index < -0.39 is 5.97 Å². The number of amides is 1. The van der Waals surface area contributed by atoms with Crippen molar-refractivity contribution in [2.75, 3.05) is 6.54 Å². The van der Waals surface area contributed by atoms with Crippen LogP contribution in [0.2, 0.25) is 0 Å². The van der Waals surface area contributed by atoms with Gasteiger partial charge in [-0.2, -0.15) is 0 Å². The summed E-state index contributed by atoms with van der Waals surface area (Å²) in [5.41, 5.74) is 2.46. The minimum atomic E-state index is -0.910. The molecule has 3 rings (SSSR count). The van der Waals surface area contributed by atoms with Gasteiger partial charge < -0.3 is 10.0 Å². The molecular weight excluding hydrogens is 254 g/mol. The van der Waals surface area contributed by atoms with Crippen LogP contribution in [0.5, 0.6) is 0 Å². The Morgan fingerprint density at radius 1 is 1.15 bits per heavy atom. The zero-order valence-corrected chi connectivity index (χ0v) is 11.5. The number of benzene rings is 1. The number of hydrogen-bond acceptors (Lipinski definition) is 2. The van der Waals surface area contributed by atoms with Crippen LogP contribution in [0.15, 0.2) is 18.2 Å². The fraction of sp³-hybridized carbons (Fsp3) is 0.500. The molecule has 1 saturated carbocycles. The van der Waals surface area contributed by atoms with Crippen molar-refractivity contribution in [2.24, 2.45) is 5.92 Å². The van der Waals surface area contributed by atoms with Crippen molar-refractivity contribution in [1.29, 1.82) is 0 Å². The summed E-state index contributed by atoms with van der Waals surface area (Å²) in [4.78, 5) is 25.4. The van der Waals surface area contributed by atoms with E-state index in [-0.39, 0.29) is 11.8 Å². The van der Waals surface area contributed by atoms with Crippen LogP contribution in [0, 0.1) is 5.92 Å². The van der Waals surface area contributed by atoms with Crippen molar-refractivity contribution in [1.82, 2.24) is 4.90 Å². The van der Waals surface area contributed by atoms with Crippen LogP contribution in [-0.4, -0.2) is 28.4 Å². The van der Waals surface area contributed by atoms with Crippen LogP contribution in [0.4, 0.5) is 0 Å². The maximum Gasteiger partial charge on any atom is 0.335 e. The van der Waals surface area contributed by atoms with Gasteiger partial charge in [-0.3, -0.25) is 4.79 Å². The molecule has 0 atom stereocenters. The molecule has 1 amide bonds. The molecule has 2 aliphatic rings. The number of fused-ring (bicyclic) bond motifs is 1. The summed E-state index contributed by atoms with van der Waals surface area (Å²) in [5.74, 6) is -0.458. The quantitative estimate of drug-likeness (QED) is 0.900. The molecule has 106 valence electrons. The monoisotopic (exact) mass is 273 g/mol. The number of carboxylic acid groups (broad SMARTS) is 1. The molecule has 1 aromatic carbocycles. The molecule has 20 heavy (non-hydrogen) atoms. The second-order valence-corrected chi connectivity index (χ2v) is 5.78. The third kappa shape index (κ3) is 2.42. The molecule has 0 saturated heterocycles. The number of nitrogens with zero attached hydrogens (tertiary/aromatic N) is 1. The second kappa shape index (κ2) is 5.27. The van der Waals surface area contributed by atoms with Crippen LogP contribution in [0.1, 0.15) is 47.2 Å². The minimum Gasteiger partial charge on any atom is -0.478 e. The van der Waals surface area contributed by atoms with Gasteiger partial charge >= 0.3 is 5.97 Å². The zero-order valence-electron chi connectivity index (χ0n) is 11.5. The zero-order chi connectivity index (χ0) is 14.1. The van der Waals surface area contributed by atoms with E-state index >= 15 is 0 Å². The molecule has 4 heteroatoms. The first-order chi connectivity index (χ1) is 9.65. The topological polar surface area (TPSA) is 57.6 Å². The van der Waals surface area contributed by atoms with Gasteiger partial charge in [-0.15, -0.1) is 0 Å². The molecule has 1 aliphatic heterocycles. The van der Waals surface area contributed by atoms with Crippen LogP contribution in [0.25, 0.3) is 0 Å². The number of aromatic carboxylic acids is 1. The van der Waals surface area contributed by atoms with E-state index in [0.29, 0.717) is 12.1 Å². The van der Waals surface area contributed by atoms with E-state index in [0.717, 1.165) is 44.2 Å². The van der Waals surface area contributed by atoms with Crippen LogP contribution >= 0.6 is 0 Å². The Morgan fingerprint density at radius 2 is 1.90 bits per heavy atom. The Balaban J connectivity index is 1.78. The van der Waals surface area contributed by atoms with Gasteiger partial charge in [-0.25, -0.2) is 4.79 Å². The number of hydrogen-bond donors (Lipinski definition) is 1. The predicted molar refractivity (Wildman–Crippen MR) is 74.5 cm³/mol. The Kier molecular flexibility index (Phi) is 3.47. The van der Waals surface area contributed by atoms with E-state index in [1.54, 1.807) is 12.1 Å². The normalized spacial score (nSPS) is 18.9. The van der Waals surface area contributed by atoms with Crippen LogP contribution < -0.4 is 0 Å². The largest absolute Gasteiger partial charge is 0.478 e. The molecule has 0 aromatic heterocycles. The molecule has 1 aliphatic carbocycles. The lowest BCUT2D eigenvalue weighted by molar-refractivity contribution is -0.136. The lowest BCUT2D eigenvalue weighted by Gasteiger charge is -2.31. The summed E-state index contributed by atoms with van der Waals surface area (Å²) in [6, 6.07) is 5.25. The molecule has 0 unspecified atom stereocenters. The van der Waals surface area contributed by atoms with Crippen molar-refractivity contribution in [3.05, 3.63) is 34.9 Å². The molecule has 0 bridgehead atoms. The van der Waals surface area contributed by atoms with Crippen LogP contribution in [0.3, 0.4) is 0 Å². The average Bonchev–Trinajstić information content (AvgIpc) is 2.99. The van der Waals surface area contributed by atoms with Crippen LogP contribution in [-0.2, 0) is 17.8 Å². The van der Waals surface area contributed by atoms with Gasteiger partial charge in [0.05, 0.1) is 5.56 Å². The number of carbonyl (C=O) groups is 2. The SMILES string of the molecule is O=C(O)c1ccc2c(c1)CN(C(=O)C1CCCC1)CC2. The van der Waals surface area contributed by atoms with Gasteiger partial charge in [0.2, 0.25) is 5.91 Å². The van der Waals surface area contributed by atoms with E-state index in [4.69, 9.17) is 5.11 Å². The summed E-state index contributed by atoms with van der Waals surface area (Å²) in [5, 5.41) is 9.05. The van der Waals surface area contributed by atoms with Gasteiger partial charge in [-0.05, 0) is 42.5 Å². The smallest absolute Gasteiger partial charge is 0.335 e. The molecular formula is C16H19NO3. The van der Waals surface area contributed by atoms with E-state index in [1.807, 2.05) is 11.0 Å². The fourth-order valence-electron chi connectivity index (χ4n) is 3.31. The summed E-state index contributed by atoms with van der Waals surface area (Å²) < 4.78 is 0. The van der Waals surface area contributed by atoms with E-state index in [1.165, 1.54) is 5.56 Å². The predicted octanol–water partition coefficient (Wildman–Crippen LogP) is 2.46. The Hall–Kier alpha value is -1.84.